The fourth-order valence-electron chi connectivity index (χ4n) is 2.39. The highest BCUT2D eigenvalue weighted by molar-refractivity contribution is 8.15. The van der Waals surface area contributed by atoms with Gasteiger partial charge >= 0.3 is 0 Å². The maximum Gasteiger partial charge on any atom is 0.240 e. The number of ether oxygens (including phenoxy) is 1. The van der Waals surface area contributed by atoms with Gasteiger partial charge in [0, 0.05) is 6.42 Å². The zero-order valence-electron chi connectivity index (χ0n) is 14.6. The Balaban J connectivity index is 1.56. The van der Waals surface area contributed by atoms with Gasteiger partial charge in [0.2, 0.25) is 11.8 Å². The van der Waals surface area contributed by atoms with Gasteiger partial charge in [-0.1, -0.05) is 54.2 Å². The molecule has 1 aliphatic heterocycles. The highest BCUT2D eigenvalue weighted by Gasteiger charge is 2.32. The smallest absolute Gasteiger partial charge is 0.240 e. The number of anilines is 1. The Hall–Kier alpha value is -3.13. The lowest BCUT2D eigenvalue weighted by Gasteiger charge is -2.10. The third-order valence-corrected chi connectivity index (χ3v) is 4.76. The van der Waals surface area contributed by atoms with E-state index in [9.17, 15) is 9.59 Å². The van der Waals surface area contributed by atoms with Crippen LogP contribution in [0.2, 0.25) is 0 Å². The number of para-hydroxylation sites is 2. The normalized spacial score (nSPS) is 17.9. The van der Waals surface area contributed by atoms with Crippen LogP contribution in [0.25, 0.3) is 0 Å². The Morgan fingerprint density at radius 1 is 1.22 bits per heavy atom. The molecule has 0 spiro atoms. The molecule has 3 rings (SSSR count). The molecule has 2 amide bonds. The van der Waals surface area contributed by atoms with E-state index in [1.54, 1.807) is 24.4 Å². The van der Waals surface area contributed by atoms with Crippen LogP contribution in [-0.2, 0) is 9.59 Å². The number of carbonyl (C=O) groups excluding carboxylic acids is 2. The number of carbonyl (C=O) groups is 2. The zero-order valence-corrected chi connectivity index (χ0v) is 15.4. The van der Waals surface area contributed by atoms with Crippen LogP contribution in [0, 0.1) is 0 Å². The molecule has 1 saturated heterocycles. The van der Waals surface area contributed by atoms with Crippen LogP contribution in [-0.4, -0.2) is 35.6 Å². The van der Waals surface area contributed by atoms with Crippen molar-refractivity contribution in [2.45, 2.75) is 11.7 Å². The first-order chi connectivity index (χ1) is 13.2. The van der Waals surface area contributed by atoms with E-state index in [2.05, 4.69) is 20.8 Å². The minimum absolute atomic E-state index is 0.0238. The molecule has 138 valence electrons. The van der Waals surface area contributed by atoms with Crippen LogP contribution >= 0.6 is 11.8 Å². The Labute approximate surface area is 160 Å². The van der Waals surface area contributed by atoms with Crippen molar-refractivity contribution in [3.05, 3.63) is 60.2 Å². The van der Waals surface area contributed by atoms with Crippen LogP contribution in [0.5, 0.6) is 5.75 Å². The highest BCUT2D eigenvalue weighted by Crippen LogP contribution is 2.26. The molecule has 1 fully saturated rings. The molecule has 1 heterocycles. The van der Waals surface area contributed by atoms with Gasteiger partial charge in [0.05, 0.1) is 19.0 Å². The van der Waals surface area contributed by atoms with E-state index in [1.807, 2.05) is 36.4 Å². The summed E-state index contributed by atoms with van der Waals surface area (Å²) in [5, 5.41) is 13.2. The number of rotatable bonds is 6. The largest absolute Gasteiger partial charge is 0.495 e. The lowest BCUT2D eigenvalue weighted by atomic mass is 10.2. The third-order valence-electron chi connectivity index (χ3n) is 3.68. The second kappa shape index (κ2) is 9.00. The summed E-state index contributed by atoms with van der Waals surface area (Å²) in [6.07, 6.45) is 1.62. The standard InChI is InChI=1S/C19H18N4O3S/c1-26-15-10-6-5-9-14(15)21-17(24)11-16-18(25)22-19(27-16)23-20-12-13-7-3-2-4-8-13/h2-10,12,16H,11H2,1H3,(H,21,24)(H,22,23,25)/b20-12-. The average molecular weight is 382 g/mol. The molecule has 0 saturated carbocycles. The molecule has 0 aromatic heterocycles. The topological polar surface area (TPSA) is 92.2 Å². The molecular formula is C19H18N4O3S. The molecule has 1 aliphatic rings. The molecule has 2 aromatic rings. The average Bonchev–Trinajstić information content (AvgIpc) is 3.02. The summed E-state index contributed by atoms with van der Waals surface area (Å²) in [6.45, 7) is 0. The van der Waals surface area contributed by atoms with Crippen LogP contribution in [0.1, 0.15) is 12.0 Å². The van der Waals surface area contributed by atoms with Crippen LogP contribution in [0.15, 0.2) is 64.8 Å². The number of thioether (sulfide) groups is 1. The maximum atomic E-state index is 12.3. The van der Waals surface area contributed by atoms with Crippen molar-refractivity contribution in [1.29, 1.82) is 0 Å². The second-order valence-electron chi connectivity index (χ2n) is 5.61. The van der Waals surface area contributed by atoms with Crippen molar-refractivity contribution in [3.8, 4) is 5.75 Å². The summed E-state index contributed by atoms with van der Waals surface area (Å²) in [7, 11) is 1.53. The lowest BCUT2D eigenvalue weighted by Crippen LogP contribution is -2.28. The van der Waals surface area contributed by atoms with Crippen LogP contribution < -0.4 is 15.4 Å². The van der Waals surface area contributed by atoms with Crippen molar-refractivity contribution in [2.75, 3.05) is 12.4 Å². The first kappa shape index (κ1) is 18.7. The molecule has 1 unspecified atom stereocenters. The molecule has 8 heteroatoms. The van der Waals surface area contributed by atoms with Gasteiger partial charge in [-0.15, -0.1) is 5.10 Å². The van der Waals surface area contributed by atoms with Crippen molar-refractivity contribution < 1.29 is 14.3 Å². The van der Waals surface area contributed by atoms with E-state index >= 15 is 0 Å². The van der Waals surface area contributed by atoms with E-state index in [0.717, 1.165) is 5.56 Å². The number of nitrogens with one attached hydrogen (secondary N) is 2. The summed E-state index contributed by atoms with van der Waals surface area (Å²) in [6, 6.07) is 16.6. The molecule has 0 bridgehead atoms. The summed E-state index contributed by atoms with van der Waals surface area (Å²) in [5.41, 5.74) is 1.47. The summed E-state index contributed by atoms with van der Waals surface area (Å²) in [4.78, 5) is 24.3. The van der Waals surface area contributed by atoms with Crippen LogP contribution in [0.3, 0.4) is 0 Å². The fourth-order valence-corrected chi connectivity index (χ4v) is 3.32. The quantitative estimate of drug-likeness (QED) is 0.593. The molecule has 0 aliphatic carbocycles. The van der Waals surface area contributed by atoms with Gasteiger partial charge in [0.25, 0.3) is 0 Å². The second-order valence-corrected chi connectivity index (χ2v) is 6.80. The van der Waals surface area contributed by atoms with Gasteiger partial charge in [-0.05, 0) is 17.7 Å². The molecule has 27 heavy (non-hydrogen) atoms. The SMILES string of the molecule is COc1ccccc1NC(=O)CC1S/C(=N/N=C\c2ccccc2)NC1=O. The Bertz CT molecular complexity index is 884. The zero-order chi connectivity index (χ0) is 19.1. The van der Waals surface area contributed by atoms with E-state index in [0.29, 0.717) is 16.6 Å². The predicted molar refractivity (Wildman–Crippen MR) is 107 cm³/mol. The minimum Gasteiger partial charge on any atom is -0.495 e. The summed E-state index contributed by atoms with van der Waals surface area (Å²) in [5.74, 6) is 0.0249. The van der Waals surface area contributed by atoms with Gasteiger partial charge in [-0.3, -0.25) is 9.59 Å². The minimum atomic E-state index is -0.551. The highest BCUT2D eigenvalue weighted by atomic mass is 32.2. The lowest BCUT2D eigenvalue weighted by molar-refractivity contribution is -0.122. The molecule has 1 atom stereocenters. The van der Waals surface area contributed by atoms with Crippen molar-refractivity contribution in [3.63, 3.8) is 0 Å². The summed E-state index contributed by atoms with van der Waals surface area (Å²) < 4.78 is 5.20. The Kier molecular flexibility index (Phi) is 6.22. The van der Waals surface area contributed by atoms with Gasteiger partial charge in [0.1, 0.15) is 11.0 Å². The van der Waals surface area contributed by atoms with Gasteiger partial charge in [-0.25, -0.2) is 0 Å². The molecule has 2 N–H and O–H groups in total. The molecule has 2 aromatic carbocycles. The van der Waals surface area contributed by atoms with Crippen molar-refractivity contribution >= 4 is 40.6 Å². The van der Waals surface area contributed by atoms with Gasteiger partial charge in [0.15, 0.2) is 5.17 Å². The van der Waals surface area contributed by atoms with E-state index in [1.165, 1.54) is 18.9 Å². The summed E-state index contributed by atoms with van der Waals surface area (Å²) >= 11 is 1.19. The Morgan fingerprint density at radius 3 is 2.74 bits per heavy atom. The number of methoxy groups -OCH3 is 1. The molecule has 0 radical (unpaired) electrons. The number of hydrogen-bond donors (Lipinski definition) is 2. The van der Waals surface area contributed by atoms with Crippen LogP contribution in [0.4, 0.5) is 5.69 Å². The van der Waals surface area contributed by atoms with Crippen molar-refractivity contribution in [2.24, 2.45) is 10.2 Å². The monoisotopic (exact) mass is 382 g/mol. The maximum absolute atomic E-state index is 12.3. The first-order valence-corrected chi connectivity index (χ1v) is 9.10. The number of nitrogens with zero attached hydrogens (tertiary/aromatic N) is 2. The molecule has 7 nitrogen and oxygen atoms in total. The number of hydrogen-bond acceptors (Lipinski definition) is 6. The predicted octanol–water partition coefficient (Wildman–Crippen LogP) is 2.65. The van der Waals surface area contributed by atoms with Gasteiger partial charge in [-0.2, -0.15) is 5.10 Å². The Morgan fingerprint density at radius 2 is 1.96 bits per heavy atom. The van der Waals surface area contributed by atoms with Crippen molar-refractivity contribution in [1.82, 2.24) is 5.32 Å². The number of amidine groups is 1. The number of amides is 2. The fraction of sp³-hybridized carbons (Fsp3) is 0.158. The van der Waals surface area contributed by atoms with E-state index in [-0.39, 0.29) is 18.2 Å². The van der Waals surface area contributed by atoms with E-state index < -0.39 is 5.25 Å². The molecular weight excluding hydrogens is 364 g/mol. The van der Waals surface area contributed by atoms with Gasteiger partial charge < -0.3 is 15.4 Å². The third kappa shape index (κ3) is 5.18. The number of benzene rings is 2. The first-order valence-electron chi connectivity index (χ1n) is 8.22. The van der Waals surface area contributed by atoms with E-state index in [4.69, 9.17) is 4.74 Å².